The van der Waals surface area contributed by atoms with Crippen LogP contribution in [0.25, 0.3) is 11.4 Å². The molecule has 0 aliphatic carbocycles. The van der Waals surface area contributed by atoms with Crippen LogP contribution < -0.4 is 5.32 Å². The molecular weight excluding hydrogens is 230 g/mol. The molecule has 2 aromatic rings. The predicted molar refractivity (Wildman–Crippen MR) is 67.7 cm³/mol. The highest BCUT2D eigenvalue weighted by Gasteiger charge is 2.07. The maximum absolute atomic E-state index is 11.7. The van der Waals surface area contributed by atoms with Crippen LogP contribution in [-0.4, -0.2) is 26.5 Å². The Labute approximate surface area is 105 Å². The van der Waals surface area contributed by atoms with Gasteiger partial charge < -0.3 is 5.32 Å². The zero-order valence-electron chi connectivity index (χ0n) is 10.3. The van der Waals surface area contributed by atoms with Crippen LogP contribution in [0.4, 0.5) is 5.69 Å². The van der Waals surface area contributed by atoms with Gasteiger partial charge in [0.25, 0.3) is 0 Å². The molecule has 2 rings (SSSR count). The fourth-order valence-electron chi connectivity index (χ4n) is 1.60. The van der Waals surface area contributed by atoms with E-state index in [4.69, 9.17) is 0 Å². The number of aromatic nitrogens is 4. The first-order valence-corrected chi connectivity index (χ1v) is 5.79. The summed E-state index contributed by atoms with van der Waals surface area (Å²) in [6.07, 6.45) is 0.506. The summed E-state index contributed by atoms with van der Waals surface area (Å²) in [4.78, 5) is 11.7. The lowest BCUT2D eigenvalue weighted by Crippen LogP contribution is -2.13. The van der Waals surface area contributed by atoms with Crippen LogP contribution >= 0.6 is 0 Å². The summed E-state index contributed by atoms with van der Waals surface area (Å²) < 4.78 is 0. The third-order valence-corrected chi connectivity index (χ3v) is 2.34. The molecule has 0 bridgehead atoms. The van der Waals surface area contributed by atoms with Crippen LogP contribution in [0.5, 0.6) is 0 Å². The van der Waals surface area contributed by atoms with E-state index >= 15 is 0 Å². The summed E-state index contributed by atoms with van der Waals surface area (Å²) in [6.45, 7) is 4.02. The molecule has 6 nitrogen and oxygen atoms in total. The van der Waals surface area contributed by atoms with E-state index in [0.29, 0.717) is 18.2 Å². The van der Waals surface area contributed by atoms with Crippen molar-refractivity contribution in [2.24, 2.45) is 5.92 Å². The van der Waals surface area contributed by atoms with Crippen molar-refractivity contribution in [3.8, 4) is 11.4 Å². The van der Waals surface area contributed by atoms with E-state index in [-0.39, 0.29) is 5.91 Å². The second kappa shape index (κ2) is 5.39. The van der Waals surface area contributed by atoms with E-state index in [1.165, 1.54) is 0 Å². The number of tetrazole rings is 1. The van der Waals surface area contributed by atoms with Crippen LogP contribution in [0, 0.1) is 5.92 Å². The molecular formula is C12H15N5O. The summed E-state index contributed by atoms with van der Waals surface area (Å²) in [7, 11) is 0. The lowest BCUT2D eigenvalue weighted by Gasteiger charge is -2.07. The van der Waals surface area contributed by atoms with Gasteiger partial charge >= 0.3 is 0 Å². The van der Waals surface area contributed by atoms with E-state index in [1.807, 2.05) is 38.1 Å². The van der Waals surface area contributed by atoms with E-state index < -0.39 is 0 Å². The third-order valence-electron chi connectivity index (χ3n) is 2.34. The lowest BCUT2D eigenvalue weighted by atomic mass is 10.1. The molecule has 0 atom stereocenters. The van der Waals surface area contributed by atoms with Gasteiger partial charge in [0.1, 0.15) is 0 Å². The van der Waals surface area contributed by atoms with Crippen molar-refractivity contribution in [1.29, 1.82) is 0 Å². The first-order chi connectivity index (χ1) is 8.65. The number of hydrogen-bond acceptors (Lipinski definition) is 4. The number of rotatable bonds is 4. The van der Waals surface area contributed by atoms with Crippen LogP contribution in [-0.2, 0) is 4.79 Å². The van der Waals surface area contributed by atoms with Crippen LogP contribution in [0.3, 0.4) is 0 Å². The fourth-order valence-corrected chi connectivity index (χ4v) is 1.60. The Morgan fingerprint density at radius 2 is 2.28 bits per heavy atom. The molecule has 6 heteroatoms. The summed E-state index contributed by atoms with van der Waals surface area (Å²) >= 11 is 0. The zero-order valence-corrected chi connectivity index (χ0v) is 10.3. The molecule has 94 valence electrons. The smallest absolute Gasteiger partial charge is 0.224 e. The van der Waals surface area contributed by atoms with Crippen molar-refractivity contribution < 1.29 is 4.79 Å². The predicted octanol–water partition coefficient (Wildman–Crippen LogP) is 1.85. The number of anilines is 1. The number of nitrogens with one attached hydrogen (secondary N) is 2. The molecule has 18 heavy (non-hydrogen) atoms. The van der Waals surface area contributed by atoms with Gasteiger partial charge in [-0.3, -0.25) is 4.79 Å². The summed E-state index contributed by atoms with van der Waals surface area (Å²) in [5.74, 6) is 0.857. The fraction of sp³-hybridized carbons (Fsp3) is 0.333. The Bertz CT molecular complexity index is 521. The maximum Gasteiger partial charge on any atom is 0.224 e. The Morgan fingerprint density at radius 1 is 1.44 bits per heavy atom. The highest BCUT2D eigenvalue weighted by atomic mass is 16.1. The molecule has 1 amide bonds. The molecule has 1 aromatic carbocycles. The van der Waals surface area contributed by atoms with Gasteiger partial charge in [-0.25, -0.2) is 0 Å². The Kier molecular flexibility index (Phi) is 3.66. The van der Waals surface area contributed by atoms with E-state index in [0.717, 1.165) is 11.3 Å². The quantitative estimate of drug-likeness (QED) is 0.861. The summed E-state index contributed by atoms with van der Waals surface area (Å²) in [5, 5.41) is 16.5. The lowest BCUT2D eigenvalue weighted by molar-refractivity contribution is -0.116. The van der Waals surface area contributed by atoms with Crippen molar-refractivity contribution in [2.75, 3.05) is 5.32 Å². The second-order valence-corrected chi connectivity index (χ2v) is 4.46. The topological polar surface area (TPSA) is 83.6 Å². The molecule has 0 fully saturated rings. The van der Waals surface area contributed by atoms with E-state index in [1.54, 1.807) is 0 Å². The summed E-state index contributed by atoms with van der Waals surface area (Å²) in [5.41, 5.74) is 1.55. The van der Waals surface area contributed by atoms with Crippen LogP contribution in [0.1, 0.15) is 20.3 Å². The number of amides is 1. The van der Waals surface area contributed by atoms with Gasteiger partial charge in [-0.1, -0.05) is 26.0 Å². The van der Waals surface area contributed by atoms with Gasteiger partial charge in [-0.05, 0) is 23.3 Å². The van der Waals surface area contributed by atoms with Gasteiger partial charge in [0.15, 0.2) is 0 Å². The maximum atomic E-state index is 11.7. The standard InChI is InChI=1S/C12H15N5O/c1-8(2)6-11(18)13-10-5-3-4-9(7-10)12-14-16-17-15-12/h3-5,7-8H,6H2,1-2H3,(H,13,18)(H,14,15,16,17). The molecule has 0 saturated carbocycles. The Balaban J connectivity index is 2.11. The molecule has 0 spiro atoms. The van der Waals surface area contributed by atoms with Gasteiger partial charge in [0.05, 0.1) is 0 Å². The van der Waals surface area contributed by atoms with Crippen molar-refractivity contribution in [2.45, 2.75) is 20.3 Å². The number of carbonyl (C=O) groups is 1. The first kappa shape index (κ1) is 12.2. The van der Waals surface area contributed by atoms with Crippen molar-refractivity contribution in [1.82, 2.24) is 20.6 Å². The van der Waals surface area contributed by atoms with Crippen LogP contribution in [0.15, 0.2) is 24.3 Å². The minimum Gasteiger partial charge on any atom is -0.326 e. The number of H-pyrrole nitrogens is 1. The highest BCUT2D eigenvalue weighted by Crippen LogP contribution is 2.18. The molecule has 1 aromatic heterocycles. The van der Waals surface area contributed by atoms with E-state index in [9.17, 15) is 4.79 Å². The number of carbonyl (C=O) groups excluding carboxylic acids is 1. The van der Waals surface area contributed by atoms with Crippen molar-refractivity contribution >= 4 is 11.6 Å². The first-order valence-electron chi connectivity index (χ1n) is 5.79. The normalized spacial score (nSPS) is 10.6. The average Bonchev–Trinajstić information content (AvgIpc) is 2.81. The molecule has 0 unspecified atom stereocenters. The summed E-state index contributed by atoms with van der Waals surface area (Å²) in [6, 6.07) is 7.37. The molecule has 0 saturated heterocycles. The van der Waals surface area contributed by atoms with Crippen LogP contribution in [0.2, 0.25) is 0 Å². The number of nitrogens with zero attached hydrogens (tertiary/aromatic N) is 3. The largest absolute Gasteiger partial charge is 0.326 e. The van der Waals surface area contributed by atoms with Gasteiger partial charge in [0, 0.05) is 17.7 Å². The van der Waals surface area contributed by atoms with Gasteiger partial charge in [0.2, 0.25) is 11.7 Å². The minimum atomic E-state index is 0.00950. The Hall–Kier alpha value is -2.24. The zero-order chi connectivity index (χ0) is 13.0. The highest BCUT2D eigenvalue weighted by molar-refractivity contribution is 5.91. The number of aromatic amines is 1. The SMILES string of the molecule is CC(C)CC(=O)Nc1cccc(-c2nn[nH]n2)c1. The second-order valence-electron chi connectivity index (χ2n) is 4.46. The third kappa shape index (κ3) is 3.13. The van der Waals surface area contributed by atoms with Crippen molar-refractivity contribution in [3.63, 3.8) is 0 Å². The van der Waals surface area contributed by atoms with Gasteiger partial charge in [-0.15, -0.1) is 10.2 Å². The molecule has 0 aliphatic rings. The molecule has 0 radical (unpaired) electrons. The number of benzene rings is 1. The molecule has 0 aliphatic heterocycles. The van der Waals surface area contributed by atoms with E-state index in [2.05, 4.69) is 25.9 Å². The average molecular weight is 245 g/mol. The molecule has 2 N–H and O–H groups in total. The number of hydrogen-bond donors (Lipinski definition) is 2. The molecule has 1 heterocycles. The van der Waals surface area contributed by atoms with Crippen molar-refractivity contribution in [3.05, 3.63) is 24.3 Å². The minimum absolute atomic E-state index is 0.00950. The Morgan fingerprint density at radius 3 is 2.94 bits per heavy atom. The van der Waals surface area contributed by atoms with Gasteiger partial charge in [-0.2, -0.15) is 5.21 Å². The monoisotopic (exact) mass is 245 g/mol.